The van der Waals surface area contributed by atoms with Crippen LogP contribution in [0.25, 0.3) is 0 Å². The molecule has 6 heteroatoms. The number of nitrogens with zero attached hydrogens (tertiary/aromatic N) is 3. The van der Waals surface area contributed by atoms with E-state index in [0.29, 0.717) is 30.5 Å². The Balaban J connectivity index is 2.18. The smallest absolute Gasteiger partial charge is 0.242 e. The van der Waals surface area contributed by atoms with Crippen LogP contribution in [0.4, 0.5) is 11.5 Å². The summed E-state index contributed by atoms with van der Waals surface area (Å²) in [6.07, 6.45) is 1.45. The highest BCUT2D eigenvalue weighted by molar-refractivity contribution is 5.67. The predicted molar refractivity (Wildman–Crippen MR) is 73.2 cm³/mol. The first-order valence-corrected chi connectivity index (χ1v) is 6.11. The lowest BCUT2D eigenvalue weighted by Crippen LogP contribution is -2.19. The normalized spacial score (nSPS) is 10.5. The van der Waals surface area contributed by atoms with Crippen molar-refractivity contribution in [2.75, 3.05) is 24.3 Å². The highest BCUT2D eigenvalue weighted by Gasteiger charge is 2.14. The minimum Gasteiger partial charge on any atom is -0.476 e. The third-order valence-electron chi connectivity index (χ3n) is 2.66. The lowest BCUT2D eigenvalue weighted by Gasteiger charge is -2.19. The Morgan fingerprint density at radius 3 is 2.79 bits per heavy atom. The number of furan rings is 1. The van der Waals surface area contributed by atoms with Crippen LogP contribution in [0.3, 0.4) is 0 Å². The van der Waals surface area contributed by atoms with E-state index < -0.39 is 0 Å². The van der Waals surface area contributed by atoms with Gasteiger partial charge in [-0.25, -0.2) is 4.98 Å². The second-order valence-electron chi connectivity index (χ2n) is 4.22. The van der Waals surface area contributed by atoms with E-state index in [0.717, 1.165) is 11.5 Å². The molecule has 2 heterocycles. The Labute approximate surface area is 112 Å². The van der Waals surface area contributed by atoms with Gasteiger partial charge in [-0.1, -0.05) is 0 Å². The van der Waals surface area contributed by atoms with E-state index in [1.54, 1.807) is 0 Å². The van der Waals surface area contributed by atoms with Crippen LogP contribution in [0.1, 0.15) is 18.4 Å². The molecule has 102 valence electrons. The summed E-state index contributed by atoms with van der Waals surface area (Å²) < 4.78 is 10.9. The van der Waals surface area contributed by atoms with Gasteiger partial charge in [0.05, 0.1) is 13.2 Å². The molecule has 2 aromatic heterocycles. The molecule has 0 saturated carbocycles. The van der Waals surface area contributed by atoms with Crippen molar-refractivity contribution >= 4 is 11.5 Å². The Morgan fingerprint density at radius 2 is 2.16 bits per heavy atom. The fourth-order valence-electron chi connectivity index (χ4n) is 1.81. The second-order valence-corrected chi connectivity index (χ2v) is 4.22. The predicted octanol–water partition coefficient (Wildman–Crippen LogP) is 2.00. The van der Waals surface area contributed by atoms with Crippen molar-refractivity contribution in [3.8, 4) is 5.88 Å². The number of nitrogens with two attached hydrogens (primary N) is 1. The zero-order valence-corrected chi connectivity index (χ0v) is 11.4. The van der Waals surface area contributed by atoms with E-state index in [9.17, 15) is 0 Å². The van der Waals surface area contributed by atoms with Crippen molar-refractivity contribution in [3.63, 3.8) is 0 Å². The van der Waals surface area contributed by atoms with Gasteiger partial charge in [0.25, 0.3) is 0 Å². The zero-order valence-electron chi connectivity index (χ0n) is 11.4. The van der Waals surface area contributed by atoms with Gasteiger partial charge >= 0.3 is 0 Å². The number of anilines is 2. The van der Waals surface area contributed by atoms with Crippen LogP contribution < -0.4 is 15.4 Å². The SMILES string of the molecule is CCOc1ncnc(N(C)Cc2ccc(C)o2)c1N. The molecule has 0 atom stereocenters. The van der Waals surface area contributed by atoms with Gasteiger partial charge in [0.1, 0.15) is 23.5 Å². The minimum atomic E-state index is 0.412. The topological polar surface area (TPSA) is 77.4 Å². The number of hydrogen-bond acceptors (Lipinski definition) is 6. The summed E-state index contributed by atoms with van der Waals surface area (Å²) in [6, 6.07) is 3.87. The summed E-state index contributed by atoms with van der Waals surface area (Å²) in [5.41, 5.74) is 6.45. The van der Waals surface area contributed by atoms with Gasteiger partial charge in [0.2, 0.25) is 5.88 Å². The van der Waals surface area contributed by atoms with E-state index >= 15 is 0 Å². The van der Waals surface area contributed by atoms with Crippen molar-refractivity contribution < 1.29 is 9.15 Å². The third kappa shape index (κ3) is 2.96. The molecule has 2 rings (SSSR count). The van der Waals surface area contributed by atoms with Crippen molar-refractivity contribution in [1.82, 2.24) is 9.97 Å². The molecule has 19 heavy (non-hydrogen) atoms. The quantitative estimate of drug-likeness (QED) is 0.888. The Morgan fingerprint density at radius 1 is 1.37 bits per heavy atom. The molecule has 0 amide bonds. The molecule has 2 aromatic rings. The Bertz CT molecular complexity index is 553. The summed E-state index contributed by atoms with van der Waals surface area (Å²) in [4.78, 5) is 10.1. The Kier molecular flexibility index (Phi) is 3.89. The molecule has 0 fully saturated rings. The summed E-state index contributed by atoms with van der Waals surface area (Å²) in [5, 5.41) is 0. The van der Waals surface area contributed by atoms with Gasteiger partial charge in [-0.3, -0.25) is 0 Å². The molecule has 0 saturated heterocycles. The average molecular weight is 262 g/mol. The van der Waals surface area contributed by atoms with Gasteiger partial charge in [-0.15, -0.1) is 0 Å². The summed E-state index contributed by atoms with van der Waals surface area (Å²) >= 11 is 0. The molecule has 0 unspecified atom stereocenters. The first kappa shape index (κ1) is 13.2. The summed E-state index contributed by atoms with van der Waals surface area (Å²) in [6.45, 7) is 4.90. The monoisotopic (exact) mass is 262 g/mol. The maximum absolute atomic E-state index is 6.01. The fraction of sp³-hybridized carbons (Fsp3) is 0.385. The van der Waals surface area contributed by atoms with Gasteiger partial charge in [-0.05, 0) is 26.0 Å². The van der Waals surface area contributed by atoms with Crippen molar-refractivity contribution in [1.29, 1.82) is 0 Å². The van der Waals surface area contributed by atoms with Crippen LogP contribution in [-0.4, -0.2) is 23.6 Å². The molecule has 0 aliphatic heterocycles. The van der Waals surface area contributed by atoms with Crippen LogP contribution in [0.15, 0.2) is 22.9 Å². The van der Waals surface area contributed by atoms with Gasteiger partial charge in [-0.2, -0.15) is 4.98 Å². The van der Waals surface area contributed by atoms with Crippen LogP contribution in [-0.2, 0) is 6.54 Å². The highest BCUT2D eigenvalue weighted by atomic mass is 16.5. The lowest BCUT2D eigenvalue weighted by atomic mass is 10.3. The first-order chi connectivity index (χ1) is 9.11. The fourth-order valence-corrected chi connectivity index (χ4v) is 1.81. The lowest BCUT2D eigenvalue weighted by molar-refractivity contribution is 0.328. The van der Waals surface area contributed by atoms with Crippen LogP contribution in [0, 0.1) is 6.92 Å². The third-order valence-corrected chi connectivity index (χ3v) is 2.66. The maximum Gasteiger partial charge on any atom is 0.242 e. The molecule has 0 aliphatic carbocycles. The largest absolute Gasteiger partial charge is 0.476 e. The second kappa shape index (κ2) is 5.60. The van der Waals surface area contributed by atoms with Gasteiger partial charge in [0, 0.05) is 7.05 Å². The molecule has 6 nitrogen and oxygen atoms in total. The zero-order chi connectivity index (χ0) is 13.8. The molecule has 0 aliphatic rings. The van der Waals surface area contributed by atoms with E-state index in [1.165, 1.54) is 6.33 Å². The molecule has 0 bridgehead atoms. The number of aryl methyl sites for hydroxylation is 1. The van der Waals surface area contributed by atoms with Gasteiger partial charge in [0.15, 0.2) is 5.82 Å². The van der Waals surface area contributed by atoms with Crippen molar-refractivity contribution in [2.45, 2.75) is 20.4 Å². The highest BCUT2D eigenvalue weighted by Crippen LogP contribution is 2.28. The Hall–Kier alpha value is -2.24. The molecular formula is C13H18N4O2. The molecule has 0 aromatic carbocycles. The van der Waals surface area contributed by atoms with Crippen LogP contribution in [0.5, 0.6) is 5.88 Å². The standard InChI is InChI=1S/C13H18N4O2/c1-4-18-13-11(14)12(15-8-16-13)17(3)7-10-6-5-9(2)19-10/h5-6,8H,4,7,14H2,1-3H3. The molecular weight excluding hydrogens is 244 g/mol. The van der Waals surface area contributed by atoms with Crippen LogP contribution in [0.2, 0.25) is 0 Å². The van der Waals surface area contributed by atoms with Crippen molar-refractivity contribution in [3.05, 3.63) is 30.0 Å². The minimum absolute atomic E-state index is 0.412. The van der Waals surface area contributed by atoms with E-state index in [4.69, 9.17) is 14.9 Å². The number of nitrogen functional groups attached to an aromatic ring is 1. The number of ether oxygens (including phenoxy) is 1. The first-order valence-electron chi connectivity index (χ1n) is 6.11. The van der Waals surface area contributed by atoms with Crippen molar-refractivity contribution in [2.24, 2.45) is 0 Å². The molecule has 0 radical (unpaired) electrons. The van der Waals surface area contributed by atoms with Gasteiger partial charge < -0.3 is 19.8 Å². The molecule has 2 N–H and O–H groups in total. The van der Waals surface area contributed by atoms with E-state index in [2.05, 4.69) is 9.97 Å². The average Bonchev–Trinajstić information content (AvgIpc) is 2.77. The number of aromatic nitrogens is 2. The molecule has 0 spiro atoms. The van der Waals surface area contributed by atoms with Crippen LogP contribution >= 0.6 is 0 Å². The van der Waals surface area contributed by atoms with E-state index in [1.807, 2.05) is 37.9 Å². The summed E-state index contributed by atoms with van der Waals surface area (Å²) in [5.74, 6) is 2.78. The maximum atomic E-state index is 6.01. The number of hydrogen-bond donors (Lipinski definition) is 1. The number of rotatable bonds is 5. The summed E-state index contributed by atoms with van der Waals surface area (Å²) in [7, 11) is 1.90. The van der Waals surface area contributed by atoms with E-state index in [-0.39, 0.29) is 0 Å².